The Bertz CT molecular complexity index is 4200. The van der Waals surface area contributed by atoms with Gasteiger partial charge in [-0.15, -0.1) is 0 Å². The van der Waals surface area contributed by atoms with E-state index in [0.717, 1.165) is 11.4 Å². The molecule has 0 aliphatic carbocycles. The van der Waals surface area contributed by atoms with Gasteiger partial charge in [-0.2, -0.15) is 0 Å². The summed E-state index contributed by atoms with van der Waals surface area (Å²) in [6.07, 6.45) is 0. The van der Waals surface area contributed by atoms with Crippen molar-refractivity contribution in [1.29, 1.82) is 0 Å². The first kappa shape index (κ1) is 40.1. The second-order valence-corrected chi connectivity index (χ2v) is 22.2. The predicted octanol–water partition coefficient (Wildman–Crippen LogP) is 14.0. The second-order valence-electron chi connectivity index (χ2n) is 18.4. The maximum Gasteiger partial charge on any atom is 0.180 e. The fourth-order valence-corrected chi connectivity index (χ4v) is 16.9. The zero-order chi connectivity index (χ0) is 46.2. The molecule has 0 amide bonds. The first-order chi connectivity index (χ1) is 34.8. The van der Waals surface area contributed by atoms with Gasteiger partial charge in [0, 0.05) is 49.3 Å². The van der Waals surface area contributed by atoms with Gasteiger partial charge < -0.3 is 13.7 Å². The Kier molecular flexibility index (Phi) is 9.23. The van der Waals surface area contributed by atoms with Crippen LogP contribution in [0, 0.1) is 0 Å². The van der Waals surface area contributed by atoms with Crippen LogP contribution in [0.5, 0.6) is 0 Å². The van der Waals surface area contributed by atoms with E-state index in [0.29, 0.717) is 0 Å². The molecule has 3 aromatic heterocycles. The highest BCUT2D eigenvalue weighted by Gasteiger charge is 2.43. The summed E-state index contributed by atoms with van der Waals surface area (Å²) in [7, 11) is -3.13. The second kappa shape index (κ2) is 16.1. The maximum absolute atomic E-state index is 3.13. The van der Waals surface area contributed by atoms with Gasteiger partial charge in [0.05, 0.1) is 38.8 Å². The van der Waals surface area contributed by atoms with Crippen LogP contribution >= 0.6 is 0 Å². The third-order valence-corrected chi connectivity index (χ3v) is 19.6. The van der Waals surface area contributed by atoms with Crippen LogP contribution in [0.25, 0.3) is 93.6 Å². The molecule has 0 atom stereocenters. The van der Waals surface area contributed by atoms with Crippen LogP contribution in [0.4, 0.5) is 0 Å². The minimum atomic E-state index is -3.13. The van der Waals surface area contributed by atoms with Crippen LogP contribution < -0.4 is 20.7 Å². The Hall–Kier alpha value is -8.96. The molecular formula is C66H45N3Si. The third-order valence-electron chi connectivity index (χ3n) is 14.8. The maximum atomic E-state index is 2.52. The average molecular weight is 908 g/mol. The normalized spacial score (nSPS) is 12.0. The quantitative estimate of drug-likeness (QED) is 0.107. The minimum absolute atomic E-state index is 1.13. The van der Waals surface area contributed by atoms with Gasteiger partial charge in [-0.1, -0.05) is 206 Å². The fourth-order valence-electron chi connectivity index (χ4n) is 11.9. The van der Waals surface area contributed by atoms with Gasteiger partial charge in [0.15, 0.2) is 8.07 Å². The Balaban J connectivity index is 1.05. The molecule has 11 aromatic carbocycles. The number of nitrogens with zero attached hydrogens (tertiary/aromatic N) is 3. The highest BCUT2D eigenvalue weighted by atomic mass is 28.3. The van der Waals surface area contributed by atoms with Crippen LogP contribution in [-0.4, -0.2) is 21.8 Å². The van der Waals surface area contributed by atoms with Crippen molar-refractivity contribution in [3.05, 3.63) is 273 Å². The van der Waals surface area contributed by atoms with E-state index in [1.165, 1.54) is 103 Å². The van der Waals surface area contributed by atoms with E-state index in [-0.39, 0.29) is 0 Å². The molecule has 0 spiro atoms. The standard InChI is InChI=1S/C66H45N3Si/c1-4-22-46(23-5-1)52-30-10-15-35-58(52)69-61-38-18-13-33-55(61)57-45-48(42-43-63(57)69)68-62-39-19-14-34-56(62)66-64(68)40-21-41-65(66)70(49-25-6-2-7-26-49,50-27-8-3-9-28-50)51-29-20-24-47(44-51)67-59-36-16-11-31-53(59)54-32-12-17-37-60(54)67/h1-45H. The van der Waals surface area contributed by atoms with Crippen molar-refractivity contribution in [2.24, 2.45) is 0 Å². The van der Waals surface area contributed by atoms with Gasteiger partial charge >= 0.3 is 0 Å². The number of fused-ring (bicyclic) bond motifs is 9. The molecule has 0 saturated heterocycles. The van der Waals surface area contributed by atoms with E-state index in [1.54, 1.807) is 0 Å². The minimum Gasteiger partial charge on any atom is -0.309 e. The highest BCUT2D eigenvalue weighted by molar-refractivity contribution is 7.20. The molecule has 3 nitrogen and oxygen atoms in total. The third kappa shape index (κ3) is 5.94. The van der Waals surface area contributed by atoms with Crippen LogP contribution in [0.3, 0.4) is 0 Å². The van der Waals surface area contributed by atoms with Gasteiger partial charge in [-0.3, -0.25) is 0 Å². The summed E-state index contributed by atoms with van der Waals surface area (Å²) in [4.78, 5) is 0. The molecule has 328 valence electrons. The summed E-state index contributed by atoms with van der Waals surface area (Å²) in [6, 6.07) is 101. The summed E-state index contributed by atoms with van der Waals surface area (Å²) >= 11 is 0. The van der Waals surface area contributed by atoms with Crippen LogP contribution in [-0.2, 0) is 0 Å². The van der Waals surface area contributed by atoms with Gasteiger partial charge in [0.25, 0.3) is 0 Å². The van der Waals surface area contributed by atoms with Gasteiger partial charge in [0.1, 0.15) is 0 Å². The van der Waals surface area contributed by atoms with Gasteiger partial charge in [0.2, 0.25) is 0 Å². The van der Waals surface area contributed by atoms with E-state index >= 15 is 0 Å². The lowest BCUT2D eigenvalue weighted by Gasteiger charge is -2.35. The molecule has 0 aliphatic heterocycles. The summed E-state index contributed by atoms with van der Waals surface area (Å²) in [5.74, 6) is 0. The number of para-hydroxylation sites is 5. The molecule has 0 N–H and O–H groups in total. The Morgan fingerprint density at radius 3 is 1.36 bits per heavy atom. The van der Waals surface area contributed by atoms with Crippen molar-refractivity contribution < 1.29 is 0 Å². The molecule has 3 heterocycles. The number of rotatable bonds is 8. The van der Waals surface area contributed by atoms with Crippen molar-refractivity contribution in [2.75, 3.05) is 0 Å². The summed E-state index contributed by atoms with van der Waals surface area (Å²) < 4.78 is 7.43. The smallest absolute Gasteiger partial charge is 0.180 e. The summed E-state index contributed by atoms with van der Waals surface area (Å²) in [6.45, 7) is 0. The van der Waals surface area contributed by atoms with E-state index in [2.05, 4.69) is 287 Å². The molecule has 70 heavy (non-hydrogen) atoms. The SMILES string of the molecule is c1ccc(-c2ccccc2-n2c3ccccc3c3cc(-n4c5ccccc5c5c([Si](c6ccccc6)(c6ccccc6)c6cccc(-n7c8ccccc8c8ccccc87)c6)cccc54)ccc32)cc1. The van der Waals surface area contributed by atoms with Crippen molar-refractivity contribution in [3.8, 4) is 28.2 Å². The van der Waals surface area contributed by atoms with Crippen LogP contribution in [0.2, 0.25) is 0 Å². The molecule has 0 unspecified atom stereocenters. The van der Waals surface area contributed by atoms with Crippen LogP contribution in [0.1, 0.15) is 0 Å². The van der Waals surface area contributed by atoms with Gasteiger partial charge in [-0.05, 0) is 93.0 Å². The average Bonchev–Trinajstić information content (AvgIpc) is 4.08. The number of benzene rings is 11. The molecule has 0 bridgehead atoms. The summed E-state index contributed by atoms with van der Waals surface area (Å²) in [5.41, 5.74) is 13.0. The number of aromatic nitrogens is 3. The monoisotopic (exact) mass is 907 g/mol. The molecule has 0 saturated carbocycles. The molecular weight excluding hydrogens is 863 g/mol. The van der Waals surface area contributed by atoms with E-state index in [4.69, 9.17) is 0 Å². The van der Waals surface area contributed by atoms with E-state index < -0.39 is 8.07 Å². The van der Waals surface area contributed by atoms with Crippen molar-refractivity contribution >= 4 is 94.2 Å². The highest BCUT2D eigenvalue weighted by Crippen LogP contribution is 2.39. The summed E-state index contributed by atoms with van der Waals surface area (Å²) in [5, 5.41) is 12.9. The first-order valence-electron chi connectivity index (χ1n) is 24.2. The molecule has 4 heteroatoms. The van der Waals surface area contributed by atoms with Crippen molar-refractivity contribution in [3.63, 3.8) is 0 Å². The van der Waals surface area contributed by atoms with E-state index in [1.807, 2.05) is 0 Å². The molecule has 14 rings (SSSR count). The number of hydrogen-bond donors (Lipinski definition) is 0. The topological polar surface area (TPSA) is 14.8 Å². The van der Waals surface area contributed by atoms with Crippen LogP contribution in [0.15, 0.2) is 273 Å². The lowest BCUT2D eigenvalue weighted by atomic mass is 10.0. The Morgan fingerprint density at radius 1 is 0.257 bits per heavy atom. The number of hydrogen-bond acceptors (Lipinski definition) is 0. The molecule has 0 fully saturated rings. The molecule has 0 aliphatic rings. The fraction of sp³-hybridized carbons (Fsp3) is 0. The van der Waals surface area contributed by atoms with Gasteiger partial charge in [-0.25, -0.2) is 0 Å². The van der Waals surface area contributed by atoms with Crippen molar-refractivity contribution in [2.45, 2.75) is 0 Å². The first-order valence-corrected chi connectivity index (χ1v) is 26.2. The zero-order valence-electron chi connectivity index (χ0n) is 38.3. The Labute approximate surface area is 407 Å². The predicted molar refractivity (Wildman–Crippen MR) is 299 cm³/mol. The lowest BCUT2D eigenvalue weighted by molar-refractivity contribution is 1.17. The molecule has 14 aromatic rings. The lowest BCUT2D eigenvalue weighted by Crippen LogP contribution is -2.74. The Morgan fingerprint density at radius 2 is 0.700 bits per heavy atom. The zero-order valence-corrected chi connectivity index (χ0v) is 39.3. The largest absolute Gasteiger partial charge is 0.309 e. The molecule has 0 radical (unpaired) electrons. The van der Waals surface area contributed by atoms with E-state index in [9.17, 15) is 0 Å². The van der Waals surface area contributed by atoms with Crippen molar-refractivity contribution in [1.82, 2.24) is 13.7 Å².